The van der Waals surface area contributed by atoms with Gasteiger partial charge in [-0.1, -0.05) is 34.6 Å². The van der Waals surface area contributed by atoms with Crippen LogP contribution >= 0.6 is 0 Å². The van der Waals surface area contributed by atoms with Crippen LogP contribution in [-0.4, -0.2) is 36.1 Å². The highest BCUT2D eigenvalue weighted by atomic mass is 15.2. The van der Waals surface area contributed by atoms with Crippen LogP contribution in [0.15, 0.2) is 0 Å². The van der Waals surface area contributed by atoms with Crippen molar-refractivity contribution in [2.75, 3.05) is 13.1 Å². The van der Waals surface area contributed by atoms with Crippen LogP contribution < -0.4 is 5.32 Å². The van der Waals surface area contributed by atoms with Crippen LogP contribution in [0, 0.1) is 5.92 Å². The minimum Gasteiger partial charge on any atom is -0.314 e. The average Bonchev–Trinajstić information content (AvgIpc) is 2.28. The molecular formula is C16H36N2. The van der Waals surface area contributed by atoms with E-state index in [1.165, 1.54) is 25.8 Å². The first kappa shape index (κ1) is 17.9. The predicted molar refractivity (Wildman–Crippen MR) is 83.1 cm³/mol. The molecular weight excluding hydrogens is 220 g/mol. The normalized spacial score (nSPS) is 15.7. The van der Waals surface area contributed by atoms with Crippen molar-refractivity contribution in [3.8, 4) is 0 Å². The number of nitrogens with one attached hydrogen (secondary N) is 1. The first-order chi connectivity index (χ1) is 8.46. The van der Waals surface area contributed by atoms with E-state index < -0.39 is 0 Å². The van der Waals surface area contributed by atoms with E-state index in [1.54, 1.807) is 0 Å². The molecule has 2 heteroatoms. The lowest BCUT2D eigenvalue weighted by Crippen LogP contribution is -2.46. The fraction of sp³-hybridized carbons (Fsp3) is 1.00. The average molecular weight is 256 g/mol. The van der Waals surface area contributed by atoms with Gasteiger partial charge in [0, 0.05) is 24.7 Å². The molecule has 0 radical (unpaired) electrons. The zero-order valence-corrected chi connectivity index (χ0v) is 13.8. The molecule has 0 saturated carbocycles. The Morgan fingerprint density at radius 2 is 1.50 bits per heavy atom. The Balaban J connectivity index is 4.52. The van der Waals surface area contributed by atoms with Crippen molar-refractivity contribution in [3.05, 3.63) is 0 Å². The Bertz CT molecular complexity index is 188. The van der Waals surface area contributed by atoms with Gasteiger partial charge in [-0.25, -0.2) is 0 Å². The van der Waals surface area contributed by atoms with Crippen molar-refractivity contribution in [1.29, 1.82) is 0 Å². The van der Waals surface area contributed by atoms with E-state index in [9.17, 15) is 0 Å². The highest BCUT2D eigenvalue weighted by Crippen LogP contribution is 2.18. The summed E-state index contributed by atoms with van der Waals surface area (Å²) in [6.07, 6.45) is 3.78. The molecule has 2 nitrogen and oxygen atoms in total. The molecule has 0 bridgehead atoms. The highest BCUT2D eigenvalue weighted by Gasteiger charge is 2.22. The van der Waals surface area contributed by atoms with Gasteiger partial charge in [-0.05, 0) is 45.6 Å². The smallest absolute Gasteiger partial charge is 0.00929 e. The Morgan fingerprint density at radius 3 is 1.89 bits per heavy atom. The van der Waals surface area contributed by atoms with Crippen molar-refractivity contribution in [2.24, 2.45) is 5.92 Å². The summed E-state index contributed by atoms with van der Waals surface area (Å²) >= 11 is 0. The van der Waals surface area contributed by atoms with E-state index in [2.05, 4.69) is 58.7 Å². The topological polar surface area (TPSA) is 15.3 Å². The molecule has 0 saturated heterocycles. The lowest BCUT2D eigenvalue weighted by Gasteiger charge is -2.38. The zero-order chi connectivity index (χ0) is 14.1. The lowest BCUT2D eigenvalue weighted by atomic mass is 10.0. The highest BCUT2D eigenvalue weighted by molar-refractivity contribution is 4.79. The van der Waals surface area contributed by atoms with Gasteiger partial charge in [0.25, 0.3) is 0 Å². The molecule has 0 amide bonds. The number of hydrogen-bond donors (Lipinski definition) is 1. The molecule has 0 spiro atoms. The summed E-state index contributed by atoms with van der Waals surface area (Å²) in [6, 6.07) is 2.04. The maximum atomic E-state index is 3.53. The molecule has 0 heterocycles. The van der Waals surface area contributed by atoms with Gasteiger partial charge < -0.3 is 5.32 Å². The third kappa shape index (κ3) is 6.75. The van der Waals surface area contributed by atoms with Gasteiger partial charge in [0.2, 0.25) is 0 Å². The van der Waals surface area contributed by atoms with Crippen molar-refractivity contribution >= 4 is 0 Å². The third-order valence-electron chi connectivity index (χ3n) is 3.80. The van der Waals surface area contributed by atoms with Gasteiger partial charge in [0.1, 0.15) is 0 Å². The second kappa shape index (κ2) is 9.80. The third-order valence-corrected chi connectivity index (χ3v) is 3.80. The van der Waals surface area contributed by atoms with Gasteiger partial charge >= 0.3 is 0 Å². The maximum Gasteiger partial charge on any atom is 0.00929 e. The fourth-order valence-electron chi connectivity index (χ4n) is 2.95. The van der Waals surface area contributed by atoms with Crippen molar-refractivity contribution < 1.29 is 0 Å². The van der Waals surface area contributed by atoms with Gasteiger partial charge in [-0.15, -0.1) is 0 Å². The first-order valence-corrected chi connectivity index (χ1v) is 7.95. The Hall–Kier alpha value is -0.0800. The molecule has 0 fully saturated rings. The minimum atomic E-state index is 0.619. The van der Waals surface area contributed by atoms with E-state index in [0.717, 1.165) is 18.5 Å². The van der Waals surface area contributed by atoms with Crippen LogP contribution in [0.1, 0.15) is 67.7 Å². The van der Waals surface area contributed by atoms with E-state index in [-0.39, 0.29) is 0 Å². The quantitative estimate of drug-likeness (QED) is 0.637. The molecule has 0 rings (SSSR count). The van der Waals surface area contributed by atoms with Gasteiger partial charge in [0.05, 0.1) is 0 Å². The van der Waals surface area contributed by atoms with Crippen LogP contribution in [-0.2, 0) is 0 Å². The second-order valence-corrected chi connectivity index (χ2v) is 6.10. The Kier molecular flexibility index (Phi) is 9.76. The number of nitrogens with zero attached hydrogens (tertiary/aromatic N) is 1. The molecule has 0 aliphatic heterocycles. The molecule has 2 atom stereocenters. The fourth-order valence-corrected chi connectivity index (χ4v) is 2.95. The van der Waals surface area contributed by atoms with Crippen LogP contribution in [0.2, 0.25) is 0 Å². The van der Waals surface area contributed by atoms with Crippen molar-refractivity contribution in [1.82, 2.24) is 10.2 Å². The Morgan fingerprint density at radius 1 is 0.944 bits per heavy atom. The van der Waals surface area contributed by atoms with Gasteiger partial charge in [-0.3, -0.25) is 4.90 Å². The number of hydrogen-bond acceptors (Lipinski definition) is 2. The maximum absolute atomic E-state index is 3.53. The molecule has 110 valence electrons. The summed E-state index contributed by atoms with van der Waals surface area (Å²) in [5, 5.41) is 3.53. The Labute approximate surface area is 116 Å². The molecule has 2 unspecified atom stereocenters. The number of rotatable bonds is 10. The van der Waals surface area contributed by atoms with E-state index in [4.69, 9.17) is 0 Å². The van der Waals surface area contributed by atoms with E-state index in [1.807, 2.05) is 0 Å². The van der Waals surface area contributed by atoms with Gasteiger partial charge in [-0.2, -0.15) is 0 Å². The van der Waals surface area contributed by atoms with Crippen LogP contribution in [0.3, 0.4) is 0 Å². The molecule has 0 aromatic heterocycles. The standard InChI is InChI=1S/C16H36N2/c1-8-16(9-2)18(12-13(4)5)15(7)11-14(6)17-10-3/h13-17H,8-12H2,1-7H3. The minimum absolute atomic E-state index is 0.619. The first-order valence-electron chi connectivity index (χ1n) is 7.95. The monoisotopic (exact) mass is 256 g/mol. The van der Waals surface area contributed by atoms with Crippen LogP contribution in [0.25, 0.3) is 0 Å². The molecule has 0 aliphatic carbocycles. The summed E-state index contributed by atoms with van der Waals surface area (Å²) < 4.78 is 0. The largest absolute Gasteiger partial charge is 0.314 e. The molecule has 18 heavy (non-hydrogen) atoms. The lowest BCUT2D eigenvalue weighted by molar-refractivity contribution is 0.107. The molecule has 0 aromatic carbocycles. The summed E-state index contributed by atoms with van der Waals surface area (Å²) in [6.45, 7) is 18.5. The molecule has 1 N–H and O–H groups in total. The molecule has 0 aliphatic rings. The van der Waals surface area contributed by atoms with Crippen molar-refractivity contribution in [3.63, 3.8) is 0 Å². The molecule has 0 aromatic rings. The summed E-state index contributed by atoms with van der Waals surface area (Å²) in [5.74, 6) is 0.752. The summed E-state index contributed by atoms with van der Waals surface area (Å²) in [5.41, 5.74) is 0. The summed E-state index contributed by atoms with van der Waals surface area (Å²) in [4.78, 5) is 2.73. The summed E-state index contributed by atoms with van der Waals surface area (Å²) in [7, 11) is 0. The van der Waals surface area contributed by atoms with Crippen molar-refractivity contribution in [2.45, 2.75) is 85.9 Å². The van der Waals surface area contributed by atoms with E-state index in [0.29, 0.717) is 12.1 Å². The zero-order valence-electron chi connectivity index (χ0n) is 13.8. The van der Waals surface area contributed by atoms with Crippen LogP contribution in [0.5, 0.6) is 0 Å². The second-order valence-electron chi connectivity index (χ2n) is 6.10. The van der Waals surface area contributed by atoms with E-state index >= 15 is 0 Å². The predicted octanol–water partition coefficient (Wildman–Crippen LogP) is 3.91. The van der Waals surface area contributed by atoms with Gasteiger partial charge in [0.15, 0.2) is 0 Å². The SMILES string of the molecule is CCNC(C)CC(C)N(CC(C)C)C(CC)CC. The van der Waals surface area contributed by atoms with Crippen LogP contribution in [0.4, 0.5) is 0 Å².